The summed E-state index contributed by atoms with van der Waals surface area (Å²) in [6.45, 7) is 2.26. The molecule has 0 saturated heterocycles. The molecule has 0 radical (unpaired) electrons. The number of hydrogen-bond donors (Lipinski definition) is 0. The first kappa shape index (κ1) is 21.6. The number of carbonyl (C=O) groups excluding carboxylic acids is 1. The number of unbranched alkanes of at least 4 members (excludes halogenated alkanes) is 5. The van der Waals surface area contributed by atoms with E-state index in [1.807, 2.05) is 36.4 Å². The molecule has 0 fully saturated rings. The molecule has 0 aliphatic heterocycles. The molecule has 0 aromatic heterocycles. The van der Waals surface area contributed by atoms with Gasteiger partial charge < -0.3 is 0 Å². The van der Waals surface area contributed by atoms with Crippen LogP contribution in [-0.4, -0.2) is 5.78 Å². The van der Waals surface area contributed by atoms with Crippen molar-refractivity contribution in [1.82, 2.24) is 0 Å². The quantitative estimate of drug-likeness (QED) is 0.124. The summed E-state index contributed by atoms with van der Waals surface area (Å²) in [6.07, 6.45) is 12.7. The summed E-state index contributed by atoms with van der Waals surface area (Å²) in [5.41, 5.74) is 3.27. The SMILES string of the molecule is CCCCCCCCc1c(I)cc(C=CC(=O)c2ccccc2)cc1I. The van der Waals surface area contributed by atoms with Crippen molar-refractivity contribution in [3.63, 3.8) is 0 Å². The van der Waals surface area contributed by atoms with Crippen molar-refractivity contribution < 1.29 is 4.79 Å². The number of benzene rings is 2. The maximum Gasteiger partial charge on any atom is 0.185 e. The Hall–Kier alpha value is -0.690. The van der Waals surface area contributed by atoms with E-state index < -0.39 is 0 Å². The monoisotopic (exact) mass is 572 g/mol. The maximum absolute atomic E-state index is 12.2. The van der Waals surface area contributed by atoms with Crippen molar-refractivity contribution in [3.05, 3.63) is 72.4 Å². The second-order valence-electron chi connectivity index (χ2n) is 6.54. The number of ketones is 1. The van der Waals surface area contributed by atoms with Gasteiger partial charge in [-0.1, -0.05) is 75.4 Å². The molecule has 2 rings (SSSR count). The smallest absolute Gasteiger partial charge is 0.185 e. The lowest BCUT2D eigenvalue weighted by Gasteiger charge is -2.09. The van der Waals surface area contributed by atoms with E-state index in [1.54, 1.807) is 6.08 Å². The van der Waals surface area contributed by atoms with Gasteiger partial charge in [-0.25, -0.2) is 0 Å². The minimum absolute atomic E-state index is 0.0479. The molecule has 0 aliphatic rings. The molecule has 26 heavy (non-hydrogen) atoms. The fourth-order valence-corrected chi connectivity index (χ4v) is 5.27. The van der Waals surface area contributed by atoms with Gasteiger partial charge in [0.2, 0.25) is 0 Å². The van der Waals surface area contributed by atoms with Crippen LogP contribution in [0.2, 0.25) is 0 Å². The highest BCUT2D eigenvalue weighted by atomic mass is 127. The fraction of sp³-hybridized carbons (Fsp3) is 0.348. The van der Waals surface area contributed by atoms with Crippen molar-refractivity contribution in [1.29, 1.82) is 0 Å². The zero-order valence-corrected chi connectivity index (χ0v) is 19.6. The Balaban J connectivity index is 1.95. The third kappa shape index (κ3) is 7.14. The molecule has 0 saturated carbocycles. The highest BCUT2D eigenvalue weighted by Gasteiger charge is 2.07. The zero-order valence-electron chi connectivity index (χ0n) is 15.3. The van der Waals surface area contributed by atoms with Gasteiger partial charge in [-0.05, 0) is 87.4 Å². The molecule has 3 heteroatoms. The topological polar surface area (TPSA) is 17.1 Å². The molecular weight excluding hydrogens is 546 g/mol. The Morgan fingerprint density at radius 1 is 0.923 bits per heavy atom. The summed E-state index contributed by atoms with van der Waals surface area (Å²) < 4.78 is 2.60. The lowest BCUT2D eigenvalue weighted by atomic mass is 10.0. The zero-order chi connectivity index (χ0) is 18.8. The van der Waals surface area contributed by atoms with Gasteiger partial charge >= 0.3 is 0 Å². The van der Waals surface area contributed by atoms with Crippen LogP contribution in [0.15, 0.2) is 48.5 Å². The first-order chi connectivity index (χ1) is 12.6. The lowest BCUT2D eigenvalue weighted by molar-refractivity contribution is 0.104. The number of allylic oxidation sites excluding steroid dienone is 1. The van der Waals surface area contributed by atoms with Crippen LogP contribution in [0.25, 0.3) is 6.08 Å². The Morgan fingerprint density at radius 3 is 2.19 bits per heavy atom. The number of halogens is 2. The van der Waals surface area contributed by atoms with Crippen LogP contribution in [0.3, 0.4) is 0 Å². The summed E-state index contributed by atoms with van der Waals surface area (Å²) >= 11 is 4.86. The van der Waals surface area contributed by atoms with Crippen LogP contribution in [0.5, 0.6) is 0 Å². The maximum atomic E-state index is 12.2. The molecule has 0 spiro atoms. The van der Waals surface area contributed by atoms with E-state index in [0.717, 1.165) is 17.5 Å². The van der Waals surface area contributed by atoms with Gasteiger partial charge in [-0.15, -0.1) is 0 Å². The van der Waals surface area contributed by atoms with Crippen LogP contribution in [-0.2, 0) is 6.42 Å². The molecule has 0 heterocycles. The highest BCUT2D eigenvalue weighted by molar-refractivity contribution is 14.1. The van der Waals surface area contributed by atoms with Crippen molar-refractivity contribution in [2.45, 2.75) is 51.9 Å². The van der Waals surface area contributed by atoms with Crippen LogP contribution in [0, 0.1) is 7.14 Å². The normalized spacial score (nSPS) is 11.2. The van der Waals surface area contributed by atoms with Crippen molar-refractivity contribution in [2.24, 2.45) is 0 Å². The van der Waals surface area contributed by atoms with E-state index >= 15 is 0 Å². The van der Waals surface area contributed by atoms with Crippen LogP contribution in [0.4, 0.5) is 0 Å². The molecule has 2 aromatic carbocycles. The van der Waals surface area contributed by atoms with E-state index in [4.69, 9.17) is 0 Å². The summed E-state index contributed by atoms with van der Waals surface area (Å²) in [7, 11) is 0. The Bertz CT molecular complexity index is 712. The summed E-state index contributed by atoms with van der Waals surface area (Å²) in [5.74, 6) is 0.0479. The molecule has 1 nitrogen and oxygen atoms in total. The van der Waals surface area contributed by atoms with Crippen molar-refractivity contribution in [3.8, 4) is 0 Å². The minimum Gasteiger partial charge on any atom is -0.289 e. The largest absolute Gasteiger partial charge is 0.289 e. The van der Waals surface area contributed by atoms with E-state index in [0.29, 0.717) is 0 Å². The third-order valence-electron chi connectivity index (χ3n) is 4.43. The van der Waals surface area contributed by atoms with E-state index in [9.17, 15) is 4.79 Å². The fourth-order valence-electron chi connectivity index (χ4n) is 2.91. The van der Waals surface area contributed by atoms with Crippen LogP contribution in [0.1, 0.15) is 66.9 Å². The van der Waals surface area contributed by atoms with Gasteiger partial charge in [0.15, 0.2) is 5.78 Å². The van der Waals surface area contributed by atoms with Gasteiger partial charge in [0.05, 0.1) is 0 Å². The predicted molar refractivity (Wildman–Crippen MR) is 129 cm³/mol. The molecule has 138 valence electrons. The van der Waals surface area contributed by atoms with Crippen molar-refractivity contribution in [2.75, 3.05) is 0 Å². The summed E-state index contributed by atoms with van der Waals surface area (Å²) in [4.78, 5) is 12.2. The molecule has 0 amide bonds. The van der Waals surface area contributed by atoms with Gasteiger partial charge in [-0.2, -0.15) is 0 Å². The van der Waals surface area contributed by atoms with Crippen molar-refractivity contribution >= 4 is 57.0 Å². The van der Waals surface area contributed by atoms with Crippen LogP contribution >= 0.6 is 45.2 Å². The average molecular weight is 572 g/mol. The second-order valence-corrected chi connectivity index (χ2v) is 8.87. The highest BCUT2D eigenvalue weighted by Crippen LogP contribution is 2.24. The number of carbonyl (C=O) groups is 1. The number of rotatable bonds is 10. The Kier molecular flexibility index (Phi) is 9.89. The first-order valence-electron chi connectivity index (χ1n) is 9.37. The third-order valence-corrected chi connectivity index (χ3v) is 6.35. The molecule has 0 bridgehead atoms. The average Bonchev–Trinajstić information content (AvgIpc) is 2.65. The first-order valence-corrected chi connectivity index (χ1v) is 11.5. The molecule has 0 atom stereocenters. The molecular formula is C23H26I2O. The summed E-state index contributed by atoms with van der Waals surface area (Å²) in [6, 6.07) is 13.8. The molecule has 0 N–H and O–H groups in total. The van der Waals surface area contributed by atoms with Gasteiger partial charge in [0.25, 0.3) is 0 Å². The van der Waals surface area contributed by atoms with E-state index in [1.165, 1.54) is 51.2 Å². The Morgan fingerprint density at radius 2 is 1.54 bits per heavy atom. The lowest BCUT2D eigenvalue weighted by Crippen LogP contribution is -1.96. The molecule has 2 aromatic rings. The molecule has 0 aliphatic carbocycles. The Labute approximate surface area is 184 Å². The standard InChI is InChI=1S/C23H26I2O/c1-2-3-4-5-6-10-13-20-21(24)16-18(17-22(20)25)14-15-23(26)19-11-8-7-9-12-19/h7-9,11-12,14-17H,2-6,10,13H2,1H3. The number of hydrogen-bond acceptors (Lipinski definition) is 1. The second kappa shape index (κ2) is 11.9. The van der Waals surface area contributed by atoms with Gasteiger partial charge in [0.1, 0.15) is 0 Å². The molecule has 0 unspecified atom stereocenters. The summed E-state index contributed by atoms with van der Waals surface area (Å²) in [5, 5.41) is 0. The predicted octanol–water partition coefficient (Wildman–Crippen LogP) is 7.69. The van der Waals surface area contributed by atoms with E-state index in [2.05, 4.69) is 64.2 Å². The van der Waals surface area contributed by atoms with Gasteiger partial charge in [-0.3, -0.25) is 4.79 Å². The minimum atomic E-state index is 0.0479. The van der Waals surface area contributed by atoms with Gasteiger partial charge in [0, 0.05) is 12.7 Å². The van der Waals surface area contributed by atoms with Crippen LogP contribution < -0.4 is 0 Å². The van der Waals surface area contributed by atoms with E-state index in [-0.39, 0.29) is 5.78 Å².